The maximum atomic E-state index is 12.9. The van der Waals surface area contributed by atoms with E-state index in [1.807, 2.05) is 19.9 Å². The topological polar surface area (TPSA) is 122 Å². The summed E-state index contributed by atoms with van der Waals surface area (Å²) in [5, 5.41) is 10.9. The highest BCUT2D eigenvalue weighted by Gasteiger charge is 2.33. The van der Waals surface area contributed by atoms with Crippen LogP contribution in [0.3, 0.4) is 0 Å². The highest BCUT2D eigenvalue weighted by atomic mass is 16.6. The first-order valence-corrected chi connectivity index (χ1v) is 10.3. The van der Waals surface area contributed by atoms with E-state index >= 15 is 0 Å². The molecule has 0 saturated carbocycles. The fraction of sp³-hybridized carbons (Fsp3) is 0.240. The summed E-state index contributed by atoms with van der Waals surface area (Å²) in [5.74, 6) is -1.29. The van der Waals surface area contributed by atoms with Crippen LogP contribution in [0.4, 0.5) is 5.69 Å². The highest BCUT2D eigenvalue weighted by molar-refractivity contribution is 6.24. The lowest BCUT2D eigenvalue weighted by molar-refractivity contribution is -0.384. The van der Waals surface area contributed by atoms with E-state index in [1.54, 1.807) is 0 Å². The van der Waals surface area contributed by atoms with Gasteiger partial charge in [-0.1, -0.05) is 11.6 Å². The number of ether oxygens (including phenoxy) is 3. The van der Waals surface area contributed by atoms with Gasteiger partial charge in [-0.05, 0) is 44.2 Å². The lowest BCUT2D eigenvalue weighted by atomic mass is 9.88. The third kappa shape index (κ3) is 4.88. The zero-order valence-corrected chi connectivity index (χ0v) is 19.1. The maximum Gasteiger partial charge on any atom is 0.338 e. The van der Waals surface area contributed by atoms with Crippen LogP contribution in [-0.2, 0) is 4.74 Å². The summed E-state index contributed by atoms with van der Waals surface area (Å²) < 4.78 is 16.7. The van der Waals surface area contributed by atoms with Crippen LogP contribution < -0.4 is 9.47 Å². The Morgan fingerprint density at radius 1 is 1.03 bits per heavy atom. The van der Waals surface area contributed by atoms with Gasteiger partial charge in [0.25, 0.3) is 5.69 Å². The van der Waals surface area contributed by atoms with Crippen LogP contribution in [0.2, 0.25) is 0 Å². The van der Waals surface area contributed by atoms with Crippen molar-refractivity contribution in [3.8, 4) is 11.5 Å². The predicted octanol–water partition coefficient (Wildman–Crippen LogP) is 4.80. The number of hydrogen-bond donors (Lipinski definition) is 0. The van der Waals surface area contributed by atoms with Crippen molar-refractivity contribution in [1.29, 1.82) is 0 Å². The number of allylic oxidation sites excluding steroid dienone is 3. The monoisotopic (exact) mass is 465 g/mol. The van der Waals surface area contributed by atoms with Crippen molar-refractivity contribution in [2.24, 2.45) is 0 Å². The normalized spacial score (nSPS) is 13.1. The van der Waals surface area contributed by atoms with Crippen molar-refractivity contribution in [2.45, 2.75) is 26.4 Å². The lowest BCUT2D eigenvalue weighted by Gasteiger charge is -2.24. The SMILES string of the molecule is COc1cc([C@@H](CC=C(C)C)OC(=O)c2ccc([N+](=O)[O-])cc2)c(OC)c2c1C(=O)C=CC2=O. The van der Waals surface area contributed by atoms with E-state index < -0.39 is 28.6 Å². The Kier molecular flexibility index (Phi) is 7.25. The number of rotatable bonds is 8. The number of benzene rings is 2. The smallest absolute Gasteiger partial charge is 0.338 e. The Morgan fingerprint density at radius 3 is 2.18 bits per heavy atom. The van der Waals surface area contributed by atoms with Gasteiger partial charge in [0, 0.05) is 24.1 Å². The molecule has 1 aliphatic rings. The number of carbonyl (C=O) groups excluding carboxylic acids is 3. The molecule has 0 saturated heterocycles. The number of methoxy groups -OCH3 is 2. The van der Waals surface area contributed by atoms with Crippen LogP contribution in [0.25, 0.3) is 0 Å². The van der Waals surface area contributed by atoms with Crippen molar-refractivity contribution in [1.82, 2.24) is 0 Å². The molecule has 2 aromatic carbocycles. The molecule has 0 aromatic heterocycles. The first kappa shape index (κ1) is 24.4. The lowest BCUT2D eigenvalue weighted by Crippen LogP contribution is -2.19. The van der Waals surface area contributed by atoms with Crippen LogP contribution in [0.5, 0.6) is 11.5 Å². The van der Waals surface area contributed by atoms with Gasteiger partial charge in [-0.2, -0.15) is 0 Å². The minimum Gasteiger partial charge on any atom is -0.496 e. The number of ketones is 2. The van der Waals surface area contributed by atoms with Crippen LogP contribution in [-0.4, -0.2) is 36.7 Å². The largest absolute Gasteiger partial charge is 0.496 e. The Morgan fingerprint density at radius 2 is 1.65 bits per heavy atom. The van der Waals surface area contributed by atoms with Crippen molar-refractivity contribution in [2.75, 3.05) is 14.2 Å². The summed E-state index contributed by atoms with van der Waals surface area (Å²) >= 11 is 0. The van der Waals surface area contributed by atoms with Gasteiger partial charge in [-0.3, -0.25) is 19.7 Å². The van der Waals surface area contributed by atoms with E-state index in [2.05, 4.69) is 0 Å². The van der Waals surface area contributed by atoms with Gasteiger partial charge in [0.2, 0.25) is 0 Å². The van der Waals surface area contributed by atoms with Gasteiger partial charge >= 0.3 is 5.97 Å². The zero-order valence-electron chi connectivity index (χ0n) is 19.1. The summed E-state index contributed by atoms with van der Waals surface area (Å²) in [6.45, 7) is 3.76. The van der Waals surface area contributed by atoms with E-state index in [-0.39, 0.29) is 40.3 Å². The summed E-state index contributed by atoms with van der Waals surface area (Å²) in [6.07, 6.45) is 3.52. The molecular weight excluding hydrogens is 442 g/mol. The molecule has 1 atom stereocenters. The molecule has 0 unspecified atom stereocenters. The number of non-ortho nitro benzene ring substituents is 1. The number of nitrogens with zero attached hydrogens (tertiary/aromatic N) is 1. The van der Waals surface area contributed by atoms with E-state index in [1.165, 1.54) is 50.6 Å². The fourth-order valence-corrected chi connectivity index (χ4v) is 3.58. The number of nitro groups is 1. The van der Waals surface area contributed by atoms with E-state index in [9.17, 15) is 24.5 Å². The Labute approximate surface area is 195 Å². The van der Waals surface area contributed by atoms with Crippen molar-refractivity contribution < 1.29 is 33.5 Å². The van der Waals surface area contributed by atoms with E-state index in [0.717, 1.165) is 11.6 Å². The zero-order chi connectivity index (χ0) is 25.0. The van der Waals surface area contributed by atoms with Crippen LogP contribution in [0.15, 0.2) is 54.1 Å². The molecule has 1 aliphatic carbocycles. The van der Waals surface area contributed by atoms with Gasteiger partial charge in [-0.25, -0.2) is 4.79 Å². The highest BCUT2D eigenvalue weighted by Crippen LogP contribution is 2.42. The van der Waals surface area contributed by atoms with Gasteiger partial charge < -0.3 is 14.2 Å². The standard InChI is InChI=1S/C25H23NO8/c1-14(2)5-12-20(34-25(29)15-6-8-16(9-7-15)26(30)31)17-13-21(32-3)22-18(27)10-11-19(28)23(22)24(17)33-4/h5-11,13,20H,12H2,1-4H3/t20-/m1/s1. The number of nitro benzene ring substituents is 1. The molecule has 0 spiro atoms. The van der Waals surface area contributed by atoms with Crippen molar-refractivity contribution in [3.63, 3.8) is 0 Å². The second kappa shape index (κ2) is 10.1. The molecular formula is C25H23NO8. The third-order valence-corrected chi connectivity index (χ3v) is 5.23. The third-order valence-electron chi connectivity index (χ3n) is 5.23. The molecule has 0 amide bonds. The molecule has 0 N–H and O–H groups in total. The average molecular weight is 465 g/mol. The van der Waals surface area contributed by atoms with Crippen LogP contribution >= 0.6 is 0 Å². The molecule has 34 heavy (non-hydrogen) atoms. The quantitative estimate of drug-likeness (QED) is 0.236. The summed E-state index contributed by atoms with van der Waals surface area (Å²) in [4.78, 5) is 48.4. The Hall–Kier alpha value is -4.27. The number of fused-ring (bicyclic) bond motifs is 1. The van der Waals surface area contributed by atoms with Gasteiger partial charge in [0.05, 0.1) is 35.8 Å². The predicted molar refractivity (Wildman–Crippen MR) is 123 cm³/mol. The van der Waals surface area contributed by atoms with Crippen molar-refractivity contribution in [3.05, 3.63) is 86.5 Å². The summed E-state index contributed by atoms with van der Waals surface area (Å²) in [5.41, 5.74) is 1.40. The minimum atomic E-state index is -0.902. The molecule has 3 rings (SSSR count). The molecule has 9 nitrogen and oxygen atoms in total. The Bertz CT molecular complexity index is 1220. The molecule has 0 radical (unpaired) electrons. The molecule has 0 aliphatic heterocycles. The molecule has 9 heteroatoms. The van der Waals surface area contributed by atoms with Crippen LogP contribution in [0, 0.1) is 10.1 Å². The summed E-state index contributed by atoms with van der Waals surface area (Å²) in [6, 6.07) is 6.54. The molecule has 0 fully saturated rings. The van der Waals surface area contributed by atoms with E-state index in [0.29, 0.717) is 5.56 Å². The first-order valence-electron chi connectivity index (χ1n) is 10.3. The molecule has 0 heterocycles. The van der Waals surface area contributed by atoms with Crippen molar-refractivity contribution >= 4 is 23.2 Å². The number of hydrogen-bond acceptors (Lipinski definition) is 8. The number of esters is 1. The van der Waals surface area contributed by atoms with Gasteiger partial charge in [0.1, 0.15) is 17.6 Å². The number of carbonyl (C=O) groups is 3. The fourth-order valence-electron chi connectivity index (χ4n) is 3.58. The Balaban J connectivity index is 2.10. The molecule has 0 bridgehead atoms. The van der Waals surface area contributed by atoms with Gasteiger partial charge in [-0.15, -0.1) is 0 Å². The molecule has 176 valence electrons. The maximum absolute atomic E-state index is 12.9. The summed E-state index contributed by atoms with van der Waals surface area (Å²) in [7, 11) is 2.73. The average Bonchev–Trinajstić information content (AvgIpc) is 2.82. The van der Waals surface area contributed by atoms with Gasteiger partial charge in [0.15, 0.2) is 11.6 Å². The first-order chi connectivity index (χ1) is 16.2. The van der Waals surface area contributed by atoms with E-state index in [4.69, 9.17) is 14.2 Å². The van der Waals surface area contributed by atoms with Crippen LogP contribution in [0.1, 0.15) is 63.0 Å². The second-order valence-corrected chi connectivity index (χ2v) is 7.73. The minimum absolute atomic E-state index is 0.0398. The second-order valence-electron chi connectivity index (χ2n) is 7.73. The molecule has 2 aromatic rings.